The summed E-state index contributed by atoms with van der Waals surface area (Å²) in [6.07, 6.45) is -0.0530. The third-order valence-electron chi connectivity index (χ3n) is 2.79. The maximum atomic E-state index is 13.6. The van der Waals surface area contributed by atoms with Gasteiger partial charge in [-0.05, 0) is 11.6 Å². The van der Waals surface area contributed by atoms with Crippen molar-refractivity contribution >= 4 is 5.97 Å². The van der Waals surface area contributed by atoms with Crippen LogP contribution in [-0.2, 0) is 14.9 Å². The van der Waals surface area contributed by atoms with E-state index in [-0.39, 0.29) is 18.5 Å². The van der Waals surface area contributed by atoms with Crippen LogP contribution in [0.3, 0.4) is 0 Å². The lowest BCUT2D eigenvalue weighted by Gasteiger charge is -2.27. The number of carbonyl (C=O) groups is 1. The standard InChI is InChI=1S/C12H15F2NO2/c1-12(7-15,6-11(16)17-2)9-4-3-8(13)5-10(9)14/h3-5H,6-7,15H2,1-2H3. The predicted octanol–water partition coefficient (Wildman–Crippen LogP) is 1.74. The highest BCUT2D eigenvalue weighted by atomic mass is 19.1. The summed E-state index contributed by atoms with van der Waals surface area (Å²) in [5.41, 5.74) is 4.90. The molecule has 2 N–H and O–H groups in total. The molecule has 0 fully saturated rings. The molecule has 3 nitrogen and oxygen atoms in total. The third kappa shape index (κ3) is 3.00. The fraction of sp³-hybridized carbons (Fsp3) is 0.417. The van der Waals surface area contributed by atoms with Crippen molar-refractivity contribution in [3.05, 3.63) is 35.4 Å². The largest absolute Gasteiger partial charge is 0.469 e. The highest BCUT2D eigenvalue weighted by Crippen LogP contribution is 2.29. The molecule has 0 amide bonds. The van der Waals surface area contributed by atoms with E-state index < -0.39 is 23.0 Å². The molecule has 94 valence electrons. The highest BCUT2D eigenvalue weighted by molar-refractivity contribution is 5.71. The van der Waals surface area contributed by atoms with Crippen LogP contribution in [0.25, 0.3) is 0 Å². The van der Waals surface area contributed by atoms with Gasteiger partial charge in [-0.25, -0.2) is 8.78 Å². The Bertz CT molecular complexity index is 423. The van der Waals surface area contributed by atoms with Crippen molar-refractivity contribution < 1.29 is 18.3 Å². The van der Waals surface area contributed by atoms with Gasteiger partial charge in [0.15, 0.2) is 0 Å². The lowest BCUT2D eigenvalue weighted by atomic mass is 9.79. The summed E-state index contributed by atoms with van der Waals surface area (Å²) >= 11 is 0. The smallest absolute Gasteiger partial charge is 0.306 e. The van der Waals surface area contributed by atoms with Crippen LogP contribution in [0, 0.1) is 11.6 Å². The normalized spacial score (nSPS) is 14.2. The number of rotatable bonds is 4. The predicted molar refractivity (Wildman–Crippen MR) is 59.4 cm³/mol. The van der Waals surface area contributed by atoms with E-state index in [2.05, 4.69) is 4.74 Å². The minimum absolute atomic E-state index is 0.0530. The van der Waals surface area contributed by atoms with Gasteiger partial charge < -0.3 is 10.5 Å². The second-order valence-corrected chi connectivity index (χ2v) is 4.14. The molecule has 0 radical (unpaired) electrons. The monoisotopic (exact) mass is 243 g/mol. The van der Waals surface area contributed by atoms with Crippen LogP contribution in [0.5, 0.6) is 0 Å². The van der Waals surface area contributed by atoms with Crippen molar-refractivity contribution in [1.29, 1.82) is 0 Å². The van der Waals surface area contributed by atoms with Gasteiger partial charge in [-0.3, -0.25) is 4.79 Å². The Kier molecular flexibility index (Phi) is 4.17. The summed E-state index contributed by atoms with van der Waals surface area (Å²) in [7, 11) is 1.25. The van der Waals surface area contributed by atoms with E-state index in [9.17, 15) is 13.6 Å². The number of esters is 1. The van der Waals surface area contributed by atoms with Crippen molar-refractivity contribution in [3.63, 3.8) is 0 Å². The van der Waals surface area contributed by atoms with Gasteiger partial charge in [-0.1, -0.05) is 13.0 Å². The van der Waals surface area contributed by atoms with Crippen molar-refractivity contribution in [2.75, 3.05) is 13.7 Å². The molecule has 1 atom stereocenters. The SMILES string of the molecule is COC(=O)CC(C)(CN)c1ccc(F)cc1F. The number of nitrogens with two attached hydrogens (primary N) is 1. The zero-order valence-corrected chi connectivity index (χ0v) is 9.80. The molecule has 1 aromatic rings. The molecule has 0 saturated heterocycles. The lowest BCUT2D eigenvalue weighted by Crippen LogP contribution is -2.35. The zero-order valence-electron chi connectivity index (χ0n) is 9.80. The van der Waals surface area contributed by atoms with Gasteiger partial charge in [-0.15, -0.1) is 0 Å². The number of hydrogen-bond acceptors (Lipinski definition) is 3. The molecule has 0 aliphatic carbocycles. The van der Waals surface area contributed by atoms with Crippen molar-refractivity contribution in [3.8, 4) is 0 Å². The van der Waals surface area contributed by atoms with Gasteiger partial charge in [0.05, 0.1) is 13.5 Å². The molecule has 1 rings (SSSR count). The summed E-state index contributed by atoms with van der Waals surface area (Å²) in [6.45, 7) is 1.70. The van der Waals surface area contributed by atoms with Crippen LogP contribution in [0.4, 0.5) is 8.78 Å². The molecule has 0 bridgehead atoms. The molecule has 17 heavy (non-hydrogen) atoms. The van der Waals surface area contributed by atoms with E-state index in [0.717, 1.165) is 12.1 Å². The number of benzene rings is 1. The van der Waals surface area contributed by atoms with Crippen LogP contribution in [0.15, 0.2) is 18.2 Å². The molecule has 0 aromatic heterocycles. The Morgan fingerprint density at radius 3 is 2.59 bits per heavy atom. The highest BCUT2D eigenvalue weighted by Gasteiger charge is 2.31. The van der Waals surface area contributed by atoms with Gasteiger partial charge >= 0.3 is 5.97 Å². The molecule has 1 unspecified atom stereocenters. The molecule has 0 heterocycles. The van der Waals surface area contributed by atoms with E-state index in [1.54, 1.807) is 6.92 Å². The van der Waals surface area contributed by atoms with Crippen LogP contribution < -0.4 is 5.73 Å². The quantitative estimate of drug-likeness (QED) is 0.819. The maximum Gasteiger partial charge on any atom is 0.306 e. The van der Waals surface area contributed by atoms with E-state index in [1.165, 1.54) is 13.2 Å². The van der Waals surface area contributed by atoms with Crippen LogP contribution in [-0.4, -0.2) is 19.6 Å². The molecule has 5 heteroatoms. The lowest BCUT2D eigenvalue weighted by molar-refractivity contribution is -0.141. The Balaban J connectivity index is 3.11. The van der Waals surface area contributed by atoms with E-state index in [4.69, 9.17) is 5.73 Å². The van der Waals surface area contributed by atoms with Gasteiger partial charge in [-0.2, -0.15) is 0 Å². The van der Waals surface area contributed by atoms with Crippen LogP contribution >= 0.6 is 0 Å². The summed E-state index contributed by atoms with van der Waals surface area (Å²) < 4.78 is 31.0. The molecule has 0 aliphatic rings. The molecular formula is C12H15F2NO2. The van der Waals surface area contributed by atoms with Gasteiger partial charge in [0.1, 0.15) is 11.6 Å². The van der Waals surface area contributed by atoms with Gasteiger partial charge in [0, 0.05) is 18.0 Å². The Labute approximate surface area is 98.6 Å². The fourth-order valence-electron chi connectivity index (χ4n) is 1.65. The average molecular weight is 243 g/mol. The number of ether oxygens (including phenoxy) is 1. The van der Waals surface area contributed by atoms with Crippen LogP contribution in [0.1, 0.15) is 18.9 Å². The molecular weight excluding hydrogens is 228 g/mol. The Morgan fingerprint density at radius 2 is 2.12 bits per heavy atom. The van der Waals surface area contributed by atoms with Crippen LogP contribution in [0.2, 0.25) is 0 Å². The zero-order chi connectivity index (χ0) is 13.1. The summed E-state index contributed by atoms with van der Waals surface area (Å²) in [5, 5.41) is 0. The number of methoxy groups -OCH3 is 1. The van der Waals surface area contributed by atoms with Gasteiger partial charge in [0.25, 0.3) is 0 Å². The topological polar surface area (TPSA) is 52.3 Å². The van der Waals surface area contributed by atoms with Crippen molar-refractivity contribution in [1.82, 2.24) is 0 Å². The van der Waals surface area contributed by atoms with E-state index in [1.807, 2.05) is 0 Å². The van der Waals surface area contributed by atoms with Crippen molar-refractivity contribution in [2.24, 2.45) is 5.73 Å². The molecule has 0 aliphatic heterocycles. The van der Waals surface area contributed by atoms with Gasteiger partial charge in [0.2, 0.25) is 0 Å². The Morgan fingerprint density at radius 1 is 1.47 bits per heavy atom. The molecule has 0 spiro atoms. The average Bonchev–Trinajstić information content (AvgIpc) is 2.28. The Hall–Kier alpha value is -1.49. The maximum absolute atomic E-state index is 13.6. The summed E-state index contributed by atoms with van der Waals surface area (Å²) in [5.74, 6) is -1.85. The number of halogens is 2. The first-order chi connectivity index (χ1) is 7.92. The first-order valence-electron chi connectivity index (χ1n) is 5.15. The number of hydrogen-bond donors (Lipinski definition) is 1. The van der Waals surface area contributed by atoms with E-state index in [0.29, 0.717) is 0 Å². The molecule has 1 aromatic carbocycles. The number of carbonyl (C=O) groups excluding carboxylic acids is 1. The first-order valence-corrected chi connectivity index (χ1v) is 5.15. The van der Waals surface area contributed by atoms with E-state index >= 15 is 0 Å². The minimum atomic E-state index is -0.898. The summed E-state index contributed by atoms with van der Waals surface area (Å²) in [6, 6.07) is 3.23. The van der Waals surface area contributed by atoms with Crippen molar-refractivity contribution in [2.45, 2.75) is 18.8 Å². The summed E-state index contributed by atoms with van der Waals surface area (Å²) in [4.78, 5) is 11.3. The molecule has 0 saturated carbocycles. The minimum Gasteiger partial charge on any atom is -0.469 e. The fourth-order valence-corrected chi connectivity index (χ4v) is 1.65. The first kappa shape index (κ1) is 13.6. The second-order valence-electron chi connectivity index (χ2n) is 4.14. The second kappa shape index (κ2) is 5.23. The third-order valence-corrected chi connectivity index (χ3v) is 2.79.